The normalized spacial score (nSPS) is 16.6. The van der Waals surface area contributed by atoms with Crippen molar-refractivity contribution in [3.05, 3.63) is 118 Å². The average molecular weight is 682 g/mol. The summed E-state index contributed by atoms with van der Waals surface area (Å²) in [6.07, 6.45) is 1.78. The van der Waals surface area contributed by atoms with E-state index in [0.717, 1.165) is 11.8 Å². The monoisotopic (exact) mass is 681 g/mol. The summed E-state index contributed by atoms with van der Waals surface area (Å²) in [5, 5.41) is 9.13. The molecule has 1 aliphatic rings. The molecule has 48 heavy (non-hydrogen) atoms. The van der Waals surface area contributed by atoms with Crippen LogP contribution in [-0.4, -0.2) is 54.9 Å². The van der Waals surface area contributed by atoms with Gasteiger partial charge in [0.1, 0.15) is 30.2 Å². The molecule has 3 atom stereocenters. The molecule has 1 saturated heterocycles. The lowest BCUT2D eigenvalue weighted by Crippen LogP contribution is -2.47. The van der Waals surface area contributed by atoms with Crippen LogP contribution in [0.3, 0.4) is 0 Å². The zero-order valence-corrected chi connectivity index (χ0v) is 26.6. The highest BCUT2D eigenvalue weighted by Crippen LogP contribution is 2.26. The lowest BCUT2D eigenvalue weighted by molar-refractivity contribution is -0.117. The number of nitrogens with two attached hydrogens (primary N) is 1. The second kappa shape index (κ2) is 16.6. The van der Waals surface area contributed by atoms with Crippen LogP contribution in [-0.2, 0) is 33.7 Å². The number of pyridine rings is 1. The van der Waals surface area contributed by atoms with Gasteiger partial charge < -0.3 is 31.2 Å². The Labute approximate surface area is 281 Å². The summed E-state index contributed by atoms with van der Waals surface area (Å²) < 4.78 is 54.2. The number of nitrogens with zero attached hydrogens (tertiary/aromatic N) is 1. The smallest absolute Gasteiger partial charge is 0.407 e. The molecular weight excluding hydrogens is 647 g/mol. The van der Waals surface area contributed by atoms with Gasteiger partial charge in [-0.3, -0.25) is 9.78 Å². The number of benzene rings is 3. The van der Waals surface area contributed by atoms with Crippen molar-refractivity contribution in [1.82, 2.24) is 15.6 Å². The van der Waals surface area contributed by atoms with E-state index in [9.17, 15) is 22.8 Å². The molecule has 2 heterocycles. The maximum Gasteiger partial charge on any atom is 0.407 e. The van der Waals surface area contributed by atoms with Gasteiger partial charge in [-0.05, 0) is 66.3 Å². The van der Waals surface area contributed by atoms with Crippen molar-refractivity contribution in [3.63, 3.8) is 0 Å². The van der Waals surface area contributed by atoms with Gasteiger partial charge in [-0.2, -0.15) is 0 Å². The summed E-state index contributed by atoms with van der Waals surface area (Å²) in [5.41, 5.74) is 8.71. The van der Waals surface area contributed by atoms with E-state index in [0.29, 0.717) is 35.7 Å². The van der Waals surface area contributed by atoms with Crippen LogP contribution >= 0.6 is 11.6 Å². The number of carbonyl (C=O) groups is 2. The Bertz CT molecular complexity index is 1730. The number of amides is 2. The Morgan fingerprint density at radius 1 is 1.02 bits per heavy atom. The highest BCUT2D eigenvalue weighted by atomic mass is 35.5. The van der Waals surface area contributed by atoms with Crippen molar-refractivity contribution in [2.45, 2.75) is 44.1 Å². The molecule has 1 aliphatic heterocycles. The molecule has 9 nitrogen and oxygen atoms in total. The van der Waals surface area contributed by atoms with Crippen LogP contribution in [0.4, 0.5) is 23.7 Å². The first kappa shape index (κ1) is 34.8. The predicted molar refractivity (Wildman–Crippen MR) is 176 cm³/mol. The van der Waals surface area contributed by atoms with Gasteiger partial charge in [-0.25, -0.2) is 18.0 Å². The number of aromatic nitrogens is 1. The molecule has 2 amide bonds. The van der Waals surface area contributed by atoms with E-state index in [4.69, 9.17) is 26.8 Å². The third-order valence-corrected chi connectivity index (χ3v) is 8.24. The highest BCUT2D eigenvalue weighted by Gasteiger charge is 2.25. The number of carbonyl (C=O) groups excluding carboxylic acids is 2. The lowest BCUT2D eigenvalue weighted by Gasteiger charge is -2.30. The van der Waals surface area contributed by atoms with Gasteiger partial charge in [0.15, 0.2) is 0 Å². The molecule has 5 rings (SSSR count). The third kappa shape index (κ3) is 9.54. The summed E-state index contributed by atoms with van der Waals surface area (Å²) in [5.74, 6) is -2.10. The van der Waals surface area contributed by atoms with E-state index >= 15 is 0 Å². The number of alkyl carbamates (subject to hydrolysis) is 1. The number of morpholine rings is 1. The van der Waals surface area contributed by atoms with Crippen molar-refractivity contribution >= 4 is 29.3 Å². The molecule has 1 fully saturated rings. The fraction of sp³-hybridized carbons (Fsp3) is 0.286. The van der Waals surface area contributed by atoms with Gasteiger partial charge in [0.05, 0.1) is 30.2 Å². The van der Waals surface area contributed by atoms with E-state index in [2.05, 4.69) is 20.9 Å². The zero-order valence-electron chi connectivity index (χ0n) is 25.9. The van der Waals surface area contributed by atoms with Crippen molar-refractivity contribution in [1.29, 1.82) is 0 Å². The zero-order chi connectivity index (χ0) is 34.0. The number of hydrogen-bond acceptors (Lipinski definition) is 7. The maximum absolute atomic E-state index is 14.9. The third-order valence-electron chi connectivity index (χ3n) is 7.87. The maximum atomic E-state index is 14.9. The fourth-order valence-electron chi connectivity index (χ4n) is 5.32. The Kier molecular flexibility index (Phi) is 12.0. The summed E-state index contributed by atoms with van der Waals surface area (Å²) >= 11 is 6.12. The Morgan fingerprint density at radius 2 is 1.79 bits per heavy atom. The van der Waals surface area contributed by atoms with E-state index in [1.54, 1.807) is 24.3 Å². The Hall–Kier alpha value is -4.49. The number of ether oxygens (including phenoxy) is 2. The Morgan fingerprint density at radius 3 is 2.58 bits per heavy atom. The molecule has 0 spiro atoms. The van der Waals surface area contributed by atoms with Crippen molar-refractivity contribution < 1.29 is 32.2 Å². The fourth-order valence-corrected chi connectivity index (χ4v) is 5.52. The van der Waals surface area contributed by atoms with Gasteiger partial charge in [-0.15, -0.1) is 0 Å². The van der Waals surface area contributed by atoms with Crippen LogP contribution in [0.1, 0.15) is 23.1 Å². The second-order valence-corrected chi connectivity index (χ2v) is 11.8. The molecule has 252 valence electrons. The van der Waals surface area contributed by atoms with Crippen LogP contribution in [0.2, 0.25) is 5.02 Å². The average Bonchev–Trinajstić information content (AvgIpc) is 3.08. The molecule has 0 aliphatic carbocycles. The lowest BCUT2D eigenvalue weighted by atomic mass is 9.98. The van der Waals surface area contributed by atoms with Gasteiger partial charge in [0.2, 0.25) is 5.91 Å². The molecule has 4 aromatic rings. The van der Waals surface area contributed by atoms with Crippen LogP contribution in [0.25, 0.3) is 11.1 Å². The minimum atomic E-state index is -1.04. The molecule has 5 N–H and O–H groups in total. The van der Waals surface area contributed by atoms with Crippen LogP contribution < -0.4 is 21.7 Å². The van der Waals surface area contributed by atoms with Gasteiger partial charge in [0.25, 0.3) is 0 Å². The first-order valence-corrected chi connectivity index (χ1v) is 15.8. The summed E-state index contributed by atoms with van der Waals surface area (Å²) in [4.78, 5) is 29.2. The minimum Gasteiger partial charge on any atom is -0.447 e. The van der Waals surface area contributed by atoms with Gasteiger partial charge in [-0.1, -0.05) is 48.0 Å². The van der Waals surface area contributed by atoms with E-state index in [-0.39, 0.29) is 48.9 Å². The van der Waals surface area contributed by atoms with Crippen LogP contribution in [0.5, 0.6) is 0 Å². The first-order valence-electron chi connectivity index (χ1n) is 15.4. The molecule has 0 saturated carbocycles. The van der Waals surface area contributed by atoms with E-state index < -0.39 is 41.6 Å². The van der Waals surface area contributed by atoms with Crippen molar-refractivity contribution in [3.8, 4) is 11.1 Å². The summed E-state index contributed by atoms with van der Waals surface area (Å²) in [6, 6.07) is 15.9. The van der Waals surface area contributed by atoms with Crippen LogP contribution in [0.15, 0.2) is 79.1 Å². The largest absolute Gasteiger partial charge is 0.447 e. The standard InChI is InChI=1S/C35H35ClF3N5O4/c36-29-4-2-1-3-23(29)15-43-35(46)47-20-26-17-41-16-25(48-26)10-11-27-31(39)18-42-19-33(27)44-34(45)32(40)14-21-5-12-30(38)28(13-21)22-6-8-24(37)9-7-22/h1-9,12-13,18-19,25-26,32,41H,10-11,14-17,20,40H2,(H,43,46)(H,44,45)/t25-,26+,32+/m1/s1. The predicted octanol–water partition coefficient (Wildman–Crippen LogP) is 5.54. The van der Waals surface area contributed by atoms with Gasteiger partial charge in [0, 0.05) is 35.8 Å². The molecule has 1 aromatic heterocycles. The Balaban J connectivity index is 1.12. The number of rotatable bonds is 12. The van der Waals surface area contributed by atoms with Crippen molar-refractivity contribution in [2.24, 2.45) is 5.73 Å². The number of nitrogens with one attached hydrogen (secondary N) is 3. The quantitative estimate of drug-likeness (QED) is 0.155. The minimum absolute atomic E-state index is 0.0140. The first-order chi connectivity index (χ1) is 23.2. The molecule has 0 bridgehead atoms. The van der Waals surface area contributed by atoms with Crippen LogP contribution in [0, 0.1) is 17.5 Å². The molecule has 3 aromatic carbocycles. The summed E-state index contributed by atoms with van der Waals surface area (Å²) in [7, 11) is 0. The highest BCUT2D eigenvalue weighted by molar-refractivity contribution is 6.31. The molecule has 0 unspecified atom stereocenters. The van der Waals surface area contributed by atoms with Gasteiger partial charge >= 0.3 is 6.09 Å². The topological polar surface area (TPSA) is 128 Å². The number of hydrogen-bond donors (Lipinski definition) is 4. The number of anilines is 1. The number of halogens is 4. The molecule has 13 heteroatoms. The molecule has 0 radical (unpaired) electrons. The van der Waals surface area contributed by atoms with E-state index in [1.165, 1.54) is 42.6 Å². The second-order valence-electron chi connectivity index (χ2n) is 11.4. The summed E-state index contributed by atoms with van der Waals surface area (Å²) in [6.45, 7) is 1.21. The van der Waals surface area contributed by atoms with Crippen molar-refractivity contribution in [2.75, 3.05) is 25.0 Å². The SMILES string of the molecule is N[C@@H](Cc1ccc(F)c(-c2ccc(F)cc2)c1)C(=O)Nc1cncc(F)c1CC[C@@H]1CNC[C@@H](COC(=O)NCc2ccccc2Cl)O1. The molecular formula is C35H35ClF3N5O4. The van der Waals surface area contributed by atoms with E-state index in [1.807, 2.05) is 6.07 Å².